The standard InChI is InChI=1S/C22H20N/c1-5-11-21(12-6-1)22-15-13-20(14-16-22)10-4-2-7-17-23-18-8-3-9-19-23/h1,3,5-6,8-9,11-16,18-19H,2,7,17H2/q+1. The number of hydrogen-bond acceptors (Lipinski definition) is 0. The molecule has 0 aliphatic heterocycles. The Morgan fingerprint density at radius 2 is 1.35 bits per heavy atom. The van der Waals surface area contributed by atoms with Gasteiger partial charge in [-0.15, -0.1) is 0 Å². The van der Waals surface area contributed by atoms with E-state index in [4.69, 9.17) is 0 Å². The lowest BCUT2D eigenvalue weighted by Crippen LogP contribution is -2.31. The number of rotatable bonds is 4. The van der Waals surface area contributed by atoms with Gasteiger partial charge in [-0.25, -0.2) is 4.57 Å². The number of aromatic nitrogens is 1. The molecule has 1 nitrogen and oxygen atoms in total. The SMILES string of the molecule is C(#Cc1ccc(-c2ccccc2)cc1)CCC[n+]1ccccc1. The maximum absolute atomic E-state index is 3.27. The van der Waals surface area contributed by atoms with E-state index in [2.05, 4.69) is 89.5 Å². The fraction of sp³-hybridized carbons (Fsp3) is 0.136. The number of pyridine rings is 1. The van der Waals surface area contributed by atoms with Crippen LogP contribution in [0.25, 0.3) is 11.1 Å². The van der Waals surface area contributed by atoms with Gasteiger partial charge in [0, 0.05) is 30.5 Å². The van der Waals surface area contributed by atoms with Gasteiger partial charge in [0.05, 0.1) is 0 Å². The van der Waals surface area contributed by atoms with Crippen molar-refractivity contribution in [2.24, 2.45) is 0 Å². The average molecular weight is 298 g/mol. The smallest absolute Gasteiger partial charge is 0.168 e. The van der Waals surface area contributed by atoms with Crippen LogP contribution in [0.15, 0.2) is 85.2 Å². The molecule has 0 fully saturated rings. The van der Waals surface area contributed by atoms with E-state index in [-0.39, 0.29) is 0 Å². The van der Waals surface area contributed by atoms with Gasteiger partial charge in [-0.2, -0.15) is 0 Å². The molecule has 2 aromatic carbocycles. The molecule has 0 saturated heterocycles. The van der Waals surface area contributed by atoms with Crippen LogP contribution in [-0.4, -0.2) is 0 Å². The summed E-state index contributed by atoms with van der Waals surface area (Å²) in [5.41, 5.74) is 3.56. The minimum atomic E-state index is 0.919. The monoisotopic (exact) mass is 298 g/mol. The topological polar surface area (TPSA) is 3.88 Å². The van der Waals surface area contributed by atoms with Crippen molar-refractivity contribution in [2.75, 3.05) is 0 Å². The molecule has 0 aliphatic carbocycles. The van der Waals surface area contributed by atoms with Crippen LogP contribution in [-0.2, 0) is 6.54 Å². The van der Waals surface area contributed by atoms with Crippen molar-refractivity contribution in [2.45, 2.75) is 19.4 Å². The maximum atomic E-state index is 3.27. The first-order valence-electron chi connectivity index (χ1n) is 8.00. The number of aryl methyl sites for hydroxylation is 1. The first-order chi connectivity index (χ1) is 11.4. The highest BCUT2D eigenvalue weighted by Gasteiger charge is 1.97. The molecule has 0 amide bonds. The summed E-state index contributed by atoms with van der Waals surface area (Å²) < 4.78 is 2.19. The van der Waals surface area contributed by atoms with Crippen molar-refractivity contribution in [3.8, 4) is 23.0 Å². The van der Waals surface area contributed by atoms with Crippen molar-refractivity contribution >= 4 is 0 Å². The van der Waals surface area contributed by atoms with Crippen LogP contribution in [0.2, 0.25) is 0 Å². The van der Waals surface area contributed by atoms with Gasteiger partial charge in [-0.3, -0.25) is 0 Å². The van der Waals surface area contributed by atoms with Gasteiger partial charge in [-0.05, 0) is 23.3 Å². The van der Waals surface area contributed by atoms with E-state index in [0.29, 0.717) is 0 Å². The van der Waals surface area contributed by atoms with Gasteiger partial charge >= 0.3 is 0 Å². The summed E-state index contributed by atoms with van der Waals surface area (Å²) in [5, 5.41) is 0. The average Bonchev–Trinajstić information content (AvgIpc) is 2.64. The van der Waals surface area contributed by atoms with E-state index >= 15 is 0 Å². The minimum Gasteiger partial charge on any atom is -0.205 e. The van der Waals surface area contributed by atoms with Crippen molar-refractivity contribution in [3.05, 3.63) is 90.8 Å². The van der Waals surface area contributed by atoms with Crippen LogP contribution in [0.4, 0.5) is 0 Å². The molecule has 0 unspecified atom stereocenters. The third-order valence-electron chi connectivity index (χ3n) is 3.72. The van der Waals surface area contributed by atoms with E-state index in [1.807, 2.05) is 12.1 Å². The molecule has 0 saturated carbocycles. The summed E-state index contributed by atoms with van der Waals surface area (Å²) in [5.74, 6) is 6.52. The molecule has 1 heterocycles. The van der Waals surface area contributed by atoms with E-state index < -0.39 is 0 Å². The van der Waals surface area contributed by atoms with Gasteiger partial charge in [0.15, 0.2) is 12.4 Å². The lowest BCUT2D eigenvalue weighted by molar-refractivity contribution is -0.697. The van der Waals surface area contributed by atoms with E-state index in [1.165, 1.54) is 11.1 Å². The molecule has 0 bridgehead atoms. The quantitative estimate of drug-likeness (QED) is 0.380. The molecular weight excluding hydrogens is 278 g/mol. The molecular formula is C22H20N+. The molecule has 0 spiro atoms. The Kier molecular flexibility index (Phi) is 5.21. The summed E-state index contributed by atoms with van der Waals surface area (Å²) in [6.45, 7) is 1.02. The lowest BCUT2D eigenvalue weighted by Gasteiger charge is -2.00. The second kappa shape index (κ2) is 7.96. The van der Waals surface area contributed by atoms with E-state index in [9.17, 15) is 0 Å². The molecule has 1 heteroatoms. The molecule has 3 aromatic rings. The largest absolute Gasteiger partial charge is 0.205 e. The normalized spacial score (nSPS) is 9.91. The zero-order valence-electron chi connectivity index (χ0n) is 13.2. The first kappa shape index (κ1) is 15.1. The van der Waals surface area contributed by atoms with Crippen molar-refractivity contribution in [3.63, 3.8) is 0 Å². The molecule has 0 N–H and O–H groups in total. The second-order valence-corrected chi connectivity index (χ2v) is 5.46. The van der Waals surface area contributed by atoms with Gasteiger partial charge in [0.2, 0.25) is 0 Å². The summed E-state index contributed by atoms with van der Waals surface area (Å²) in [6.07, 6.45) is 6.18. The molecule has 0 atom stereocenters. The molecule has 0 radical (unpaired) electrons. The molecule has 3 rings (SSSR count). The summed E-state index contributed by atoms with van der Waals surface area (Å²) in [6, 6.07) is 25.0. The third kappa shape index (κ3) is 4.56. The Balaban J connectivity index is 1.53. The van der Waals surface area contributed by atoms with Gasteiger partial charge in [-0.1, -0.05) is 60.4 Å². The molecule has 0 aliphatic rings. The van der Waals surface area contributed by atoms with E-state index in [1.54, 1.807) is 0 Å². The Bertz CT molecular complexity index is 778. The van der Waals surface area contributed by atoms with Crippen molar-refractivity contribution < 1.29 is 4.57 Å². The Hall–Kier alpha value is -2.85. The lowest BCUT2D eigenvalue weighted by atomic mass is 10.0. The van der Waals surface area contributed by atoms with Crippen molar-refractivity contribution in [1.29, 1.82) is 0 Å². The van der Waals surface area contributed by atoms with Crippen LogP contribution >= 0.6 is 0 Å². The van der Waals surface area contributed by atoms with Gasteiger partial charge in [0.1, 0.15) is 6.54 Å². The number of nitrogens with zero attached hydrogens (tertiary/aromatic N) is 1. The number of benzene rings is 2. The summed E-state index contributed by atoms with van der Waals surface area (Å²) >= 11 is 0. The van der Waals surface area contributed by atoms with Crippen LogP contribution in [0.1, 0.15) is 18.4 Å². The molecule has 1 aromatic heterocycles. The van der Waals surface area contributed by atoms with Crippen LogP contribution in [0, 0.1) is 11.8 Å². The summed E-state index contributed by atoms with van der Waals surface area (Å²) in [4.78, 5) is 0. The predicted molar refractivity (Wildman–Crippen MR) is 94.6 cm³/mol. The maximum Gasteiger partial charge on any atom is 0.168 e. The van der Waals surface area contributed by atoms with E-state index in [0.717, 1.165) is 24.9 Å². The van der Waals surface area contributed by atoms with Crippen LogP contribution in [0.5, 0.6) is 0 Å². The predicted octanol–water partition coefficient (Wildman–Crippen LogP) is 4.47. The number of unbranched alkanes of at least 4 members (excludes halogenated alkanes) is 1. The van der Waals surface area contributed by atoms with Crippen LogP contribution in [0.3, 0.4) is 0 Å². The Labute approximate surface area is 138 Å². The highest BCUT2D eigenvalue weighted by molar-refractivity contribution is 5.64. The zero-order chi connectivity index (χ0) is 15.7. The third-order valence-corrected chi connectivity index (χ3v) is 3.72. The highest BCUT2D eigenvalue weighted by atomic mass is 14.9. The summed E-state index contributed by atoms with van der Waals surface area (Å²) in [7, 11) is 0. The Morgan fingerprint density at radius 3 is 2.09 bits per heavy atom. The Morgan fingerprint density at radius 1 is 0.696 bits per heavy atom. The molecule has 23 heavy (non-hydrogen) atoms. The van der Waals surface area contributed by atoms with Crippen molar-refractivity contribution in [1.82, 2.24) is 0 Å². The second-order valence-electron chi connectivity index (χ2n) is 5.46. The number of hydrogen-bond donors (Lipinski definition) is 0. The molecule has 112 valence electrons. The first-order valence-corrected chi connectivity index (χ1v) is 8.00. The fourth-order valence-corrected chi connectivity index (χ4v) is 2.47. The zero-order valence-corrected chi connectivity index (χ0v) is 13.2. The van der Waals surface area contributed by atoms with Crippen LogP contribution < -0.4 is 4.57 Å². The van der Waals surface area contributed by atoms with Gasteiger partial charge < -0.3 is 0 Å². The minimum absolute atomic E-state index is 0.919. The fourth-order valence-electron chi connectivity index (χ4n) is 2.47. The van der Waals surface area contributed by atoms with Gasteiger partial charge in [0.25, 0.3) is 0 Å². The highest BCUT2D eigenvalue weighted by Crippen LogP contribution is 2.18.